The predicted octanol–water partition coefficient (Wildman–Crippen LogP) is 3.13. The molecule has 6 heteroatoms. The van der Waals surface area contributed by atoms with Gasteiger partial charge in [0, 0.05) is 50.1 Å². The van der Waals surface area contributed by atoms with Crippen LogP contribution in [-0.4, -0.2) is 40.8 Å². The van der Waals surface area contributed by atoms with Crippen molar-refractivity contribution in [3.63, 3.8) is 0 Å². The molecule has 124 valence electrons. The highest BCUT2D eigenvalue weighted by Gasteiger charge is 2.06. The van der Waals surface area contributed by atoms with Gasteiger partial charge in [-0.2, -0.15) is 5.10 Å². The topological polar surface area (TPSA) is 45.5 Å². The van der Waals surface area contributed by atoms with Crippen molar-refractivity contribution in [2.75, 3.05) is 20.1 Å². The van der Waals surface area contributed by atoms with E-state index in [4.69, 9.17) is 4.99 Å². The van der Waals surface area contributed by atoms with Crippen LogP contribution in [0, 0.1) is 0 Å². The van der Waals surface area contributed by atoms with E-state index in [9.17, 15) is 0 Å². The molecule has 0 atom stereocenters. The van der Waals surface area contributed by atoms with Crippen LogP contribution in [0.4, 0.5) is 0 Å². The van der Waals surface area contributed by atoms with E-state index < -0.39 is 0 Å². The molecular weight excluding hydrogens is 354 g/mol. The molecule has 23 heavy (non-hydrogen) atoms. The summed E-state index contributed by atoms with van der Waals surface area (Å²) >= 11 is 3.47. The first kappa shape index (κ1) is 17.5. The number of aryl methyl sites for hydroxylation is 1. The summed E-state index contributed by atoms with van der Waals surface area (Å²) in [6, 6.07) is 10.3. The number of hydrogen-bond acceptors (Lipinski definition) is 2. The maximum atomic E-state index is 4.71. The number of nitrogens with one attached hydrogen (secondary N) is 1. The van der Waals surface area contributed by atoms with Gasteiger partial charge in [0.1, 0.15) is 0 Å². The summed E-state index contributed by atoms with van der Waals surface area (Å²) in [5.74, 6) is 0.941. The zero-order valence-electron chi connectivity index (χ0n) is 13.7. The van der Waals surface area contributed by atoms with E-state index in [0.29, 0.717) is 0 Å². The minimum atomic E-state index is 0.785. The van der Waals surface area contributed by atoms with Gasteiger partial charge in [-0.15, -0.1) is 0 Å². The summed E-state index contributed by atoms with van der Waals surface area (Å²) in [5, 5.41) is 7.56. The highest BCUT2D eigenvalue weighted by molar-refractivity contribution is 9.10. The van der Waals surface area contributed by atoms with Crippen molar-refractivity contribution in [1.82, 2.24) is 20.0 Å². The molecule has 0 aliphatic heterocycles. The van der Waals surface area contributed by atoms with E-state index in [-0.39, 0.29) is 0 Å². The fraction of sp³-hybridized carbons (Fsp3) is 0.412. The minimum Gasteiger partial charge on any atom is -0.357 e. The Kier molecular flexibility index (Phi) is 7.13. The number of guanidine groups is 1. The van der Waals surface area contributed by atoms with Gasteiger partial charge in [-0.05, 0) is 37.1 Å². The van der Waals surface area contributed by atoms with Gasteiger partial charge in [0.2, 0.25) is 0 Å². The van der Waals surface area contributed by atoms with Gasteiger partial charge in [-0.3, -0.25) is 9.67 Å². The smallest absolute Gasteiger partial charge is 0.193 e. The average Bonchev–Trinajstić information content (AvgIpc) is 3.06. The Hall–Kier alpha value is -1.82. The van der Waals surface area contributed by atoms with Crippen LogP contribution in [0.5, 0.6) is 0 Å². The Balaban J connectivity index is 1.87. The monoisotopic (exact) mass is 377 g/mol. The molecule has 1 aromatic carbocycles. The van der Waals surface area contributed by atoms with E-state index in [0.717, 1.165) is 43.0 Å². The lowest BCUT2D eigenvalue weighted by atomic mass is 10.2. The molecule has 0 saturated heterocycles. The van der Waals surface area contributed by atoms with Gasteiger partial charge in [0.05, 0.1) is 0 Å². The second-order valence-electron chi connectivity index (χ2n) is 5.34. The maximum Gasteiger partial charge on any atom is 0.193 e. The van der Waals surface area contributed by atoms with Gasteiger partial charge in [0.15, 0.2) is 5.96 Å². The second kappa shape index (κ2) is 9.35. The zero-order valence-corrected chi connectivity index (χ0v) is 15.3. The number of halogens is 1. The van der Waals surface area contributed by atoms with Gasteiger partial charge < -0.3 is 10.2 Å². The summed E-state index contributed by atoms with van der Waals surface area (Å²) in [4.78, 5) is 6.86. The molecular formula is C17H24BrN5. The van der Waals surface area contributed by atoms with Crippen molar-refractivity contribution in [3.05, 3.63) is 52.8 Å². The summed E-state index contributed by atoms with van der Waals surface area (Å²) in [6.45, 7) is 5.47. The zero-order chi connectivity index (χ0) is 16.5. The molecule has 5 nitrogen and oxygen atoms in total. The molecule has 0 radical (unpaired) electrons. The highest BCUT2D eigenvalue weighted by Crippen LogP contribution is 2.11. The summed E-state index contributed by atoms with van der Waals surface area (Å²) < 4.78 is 3.04. The molecule has 1 N–H and O–H groups in total. The van der Waals surface area contributed by atoms with Gasteiger partial charge in [0.25, 0.3) is 0 Å². The maximum absolute atomic E-state index is 4.71. The lowest BCUT2D eigenvalue weighted by Crippen LogP contribution is -2.38. The summed E-state index contributed by atoms with van der Waals surface area (Å²) in [7, 11) is 2.07. The van der Waals surface area contributed by atoms with E-state index in [2.05, 4.69) is 69.5 Å². The number of rotatable bonds is 7. The third-order valence-corrected chi connectivity index (χ3v) is 3.92. The molecule has 0 aliphatic rings. The van der Waals surface area contributed by atoms with Crippen molar-refractivity contribution in [2.24, 2.45) is 4.99 Å². The van der Waals surface area contributed by atoms with Crippen LogP contribution < -0.4 is 5.32 Å². The molecule has 2 rings (SSSR count). The van der Waals surface area contributed by atoms with Crippen molar-refractivity contribution in [3.8, 4) is 0 Å². The molecule has 0 saturated carbocycles. The number of aromatic nitrogens is 2. The van der Waals surface area contributed by atoms with Gasteiger partial charge in [-0.1, -0.05) is 28.1 Å². The minimum absolute atomic E-state index is 0.785. The van der Waals surface area contributed by atoms with Crippen LogP contribution in [0.15, 0.2) is 52.2 Å². The van der Waals surface area contributed by atoms with Crippen LogP contribution >= 0.6 is 15.9 Å². The molecule has 0 aliphatic carbocycles. The van der Waals surface area contributed by atoms with Crippen LogP contribution in [0.3, 0.4) is 0 Å². The largest absolute Gasteiger partial charge is 0.357 e. The molecule has 0 amide bonds. The third-order valence-electron chi connectivity index (χ3n) is 3.40. The van der Waals surface area contributed by atoms with Gasteiger partial charge in [-0.25, -0.2) is 0 Å². The van der Waals surface area contributed by atoms with E-state index >= 15 is 0 Å². The Morgan fingerprint density at radius 2 is 2.13 bits per heavy atom. The van der Waals surface area contributed by atoms with Crippen LogP contribution in [0.1, 0.15) is 18.9 Å². The first-order valence-corrected chi connectivity index (χ1v) is 8.69. The van der Waals surface area contributed by atoms with Crippen LogP contribution in [0.25, 0.3) is 0 Å². The number of benzene rings is 1. The Labute approximate surface area is 146 Å². The number of aliphatic imine (C=N–C) groups is 1. The number of hydrogen-bond donors (Lipinski definition) is 1. The lowest BCUT2D eigenvalue weighted by molar-refractivity contribution is 0.475. The van der Waals surface area contributed by atoms with Crippen molar-refractivity contribution >= 4 is 21.9 Å². The Morgan fingerprint density at radius 1 is 1.35 bits per heavy atom. The summed E-state index contributed by atoms with van der Waals surface area (Å²) in [6.07, 6.45) is 4.76. The second-order valence-corrected chi connectivity index (χ2v) is 6.26. The van der Waals surface area contributed by atoms with Crippen LogP contribution in [-0.2, 0) is 13.1 Å². The number of nitrogens with zero attached hydrogens (tertiary/aromatic N) is 4. The fourth-order valence-corrected chi connectivity index (χ4v) is 2.52. The molecule has 2 aromatic rings. The van der Waals surface area contributed by atoms with Gasteiger partial charge >= 0.3 is 0 Å². The molecule has 1 aromatic heterocycles. The Bertz CT molecular complexity index is 592. The molecule has 0 fully saturated rings. The average molecular weight is 378 g/mol. The molecule has 0 spiro atoms. The molecule has 0 unspecified atom stereocenters. The quantitative estimate of drug-likeness (QED) is 0.458. The standard InChI is InChI=1S/C17H24BrN5/c1-3-19-17(20-10-4-12-23-13-5-11-21-23)22(2)14-15-6-8-16(18)9-7-15/h5-9,11,13H,3-4,10,12,14H2,1-2H3,(H,19,20). The van der Waals surface area contributed by atoms with Crippen LogP contribution in [0.2, 0.25) is 0 Å². The fourth-order valence-electron chi connectivity index (χ4n) is 2.26. The van der Waals surface area contributed by atoms with Crippen molar-refractivity contribution in [1.29, 1.82) is 0 Å². The Morgan fingerprint density at radius 3 is 2.78 bits per heavy atom. The summed E-state index contributed by atoms with van der Waals surface area (Å²) in [5.41, 5.74) is 1.26. The van der Waals surface area contributed by atoms with Crippen molar-refractivity contribution < 1.29 is 0 Å². The third kappa shape index (κ3) is 6.06. The molecule has 0 bridgehead atoms. The lowest BCUT2D eigenvalue weighted by Gasteiger charge is -2.22. The SMILES string of the molecule is CCNC(=NCCCn1cccn1)N(C)Cc1ccc(Br)cc1. The van der Waals surface area contributed by atoms with E-state index in [1.165, 1.54) is 5.56 Å². The van der Waals surface area contributed by atoms with E-state index in [1.807, 2.05) is 16.9 Å². The van der Waals surface area contributed by atoms with E-state index in [1.54, 1.807) is 6.20 Å². The predicted molar refractivity (Wildman–Crippen MR) is 98.4 cm³/mol. The molecule has 1 heterocycles. The normalized spacial score (nSPS) is 11.5. The van der Waals surface area contributed by atoms with Crippen molar-refractivity contribution in [2.45, 2.75) is 26.4 Å². The highest BCUT2D eigenvalue weighted by atomic mass is 79.9. The first-order valence-electron chi connectivity index (χ1n) is 7.90. The first-order chi connectivity index (χ1) is 11.2.